The van der Waals surface area contributed by atoms with Crippen molar-refractivity contribution in [1.82, 2.24) is 0 Å². The van der Waals surface area contributed by atoms with Crippen molar-refractivity contribution in [3.05, 3.63) is 48.6 Å². The van der Waals surface area contributed by atoms with E-state index in [0.29, 0.717) is 19.3 Å². The molecular weight excluding hydrogens is 304 g/mol. The molecule has 0 aromatic carbocycles. The monoisotopic (exact) mass is 336 g/mol. The molecule has 4 nitrogen and oxygen atoms in total. The van der Waals surface area contributed by atoms with E-state index >= 15 is 0 Å². The zero-order valence-corrected chi connectivity index (χ0v) is 14.7. The molecule has 0 amide bonds. The topological polar surface area (TPSA) is 77.8 Å². The minimum absolute atomic E-state index is 0.0216. The first-order valence-electron chi connectivity index (χ1n) is 8.75. The number of aliphatic hydroxyl groups is 2. The van der Waals surface area contributed by atoms with Crippen molar-refractivity contribution >= 4 is 5.97 Å². The Labute approximate surface area is 145 Å². The van der Waals surface area contributed by atoms with Gasteiger partial charge in [0.1, 0.15) is 0 Å². The van der Waals surface area contributed by atoms with E-state index < -0.39 is 18.2 Å². The Kier molecular flexibility index (Phi) is 15.1. The van der Waals surface area contributed by atoms with Gasteiger partial charge in [0.25, 0.3) is 0 Å². The molecule has 0 radical (unpaired) electrons. The maximum Gasteiger partial charge on any atom is 0.303 e. The minimum Gasteiger partial charge on any atom is -0.481 e. The van der Waals surface area contributed by atoms with E-state index in [1.54, 1.807) is 0 Å². The Morgan fingerprint density at radius 3 is 1.83 bits per heavy atom. The van der Waals surface area contributed by atoms with E-state index in [0.717, 1.165) is 25.7 Å². The van der Waals surface area contributed by atoms with E-state index in [2.05, 4.69) is 43.4 Å². The van der Waals surface area contributed by atoms with Crippen molar-refractivity contribution in [3.63, 3.8) is 0 Å². The summed E-state index contributed by atoms with van der Waals surface area (Å²) in [5.41, 5.74) is 0. The molecule has 0 aliphatic rings. The Hall–Kier alpha value is -1.65. The summed E-state index contributed by atoms with van der Waals surface area (Å²) in [7, 11) is 0. The fourth-order valence-electron chi connectivity index (χ4n) is 2.03. The van der Waals surface area contributed by atoms with E-state index in [1.165, 1.54) is 0 Å². The van der Waals surface area contributed by atoms with E-state index in [4.69, 9.17) is 5.11 Å². The molecule has 0 aromatic rings. The highest BCUT2D eigenvalue weighted by atomic mass is 16.4. The van der Waals surface area contributed by atoms with Crippen LogP contribution in [-0.4, -0.2) is 33.5 Å². The van der Waals surface area contributed by atoms with Gasteiger partial charge in [-0.15, -0.1) is 0 Å². The third-order valence-corrected chi connectivity index (χ3v) is 3.43. The van der Waals surface area contributed by atoms with Gasteiger partial charge >= 0.3 is 5.97 Å². The van der Waals surface area contributed by atoms with E-state index in [1.807, 2.05) is 12.2 Å². The van der Waals surface area contributed by atoms with Gasteiger partial charge in [-0.05, 0) is 44.9 Å². The van der Waals surface area contributed by atoms with Crippen molar-refractivity contribution in [2.24, 2.45) is 0 Å². The number of carbonyl (C=O) groups is 1. The highest BCUT2D eigenvalue weighted by Crippen LogP contribution is 2.09. The zero-order valence-electron chi connectivity index (χ0n) is 14.7. The number of rotatable bonds is 14. The zero-order chi connectivity index (χ0) is 18.0. The average molecular weight is 336 g/mol. The molecule has 0 bridgehead atoms. The first-order chi connectivity index (χ1) is 11.6. The van der Waals surface area contributed by atoms with Crippen LogP contribution in [0, 0.1) is 0 Å². The van der Waals surface area contributed by atoms with Crippen LogP contribution in [0.25, 0.3) is 0 Å². The maximum atomic E-state index is 10.4. The van der Waals surface area contributed by atoms with Gasteiger partial charge in [-0.25, -0.2) is 0 Å². The van der Waals surface area contributed by atoms with Crippen LogP contribution in [0.1, 0.15) is 58.3 Å². The number of allylic oxidation sites excluding steroid dienone is 7. The largest absolute Gasteiger partial charge is 0.481 e. The molecule has 0 aliphatic carbocycles. The van der Waals surface area contributed by atoms with Crippen LogP contribution in [0.15, 0.2) is 48.6 Å². The SMILES string of the molecule is CC/C=C/C/C=C/C/C=C/C/C=C/C[C@@H](O)[C@H](O)CCCC(=O)O. The summed E-state index contributed by atoms with van der Waals surface area (Å²) in [6, 6.07) is 0. The maximum absolute atomic E-state index is 10.4. The highest BCUT2D eigenvalue weighted by molar-refractivity contribution is 5.66. The van der Waals surface area contributed by atoms with Gasteiger partial charge in [-0.3, -0.25) is 4.79 Å². The van der Waals surface area contributed by atoms with Crippen molar-refractivity contribution in [2.75, 3.05) is 0 Å². The standard InChI is InChI=1S/C20H32O4/c1-2-3-4-5-6-7-8-9-10-11-12-13-15-18(21)19(22)16-14-17-20(23)24/h3-4,6-7,9-10,12-13,18-19,21-22H,2,5,8,11,14-17H2,1H3,(H,23,24)/b4-3+,7-6+,10-9+,13-12+/t18-,19-/m1/s1. The second kappa shape index (κ2) is 16.2. The quantitative estimate of drug-likeness (QED) is 0.416. The summed E-state index contributed by atoms with van der Waals surface area (Å²) in [5.74, 6) is -0.879. The molecule has 4 heteroatoms. The molecule has 0 fully saturated rings. The Bertz CT molecular complexity index is 421. The second-order valence-corrected chi connectivity index (χ2v) is 5.66. The van der Waals surface area contributed by atoms with Gasteiger partial charge in [0, 0.05) is 6.42 Å². The molecule has 3 N–H and O–H groups in total. The van der Waals surface area contributed by atoms with Crippen molar-refractivity contribution in [1.29, 1.82) is 0 Å². The molecule has 0 spiro atoms. The minimum atomic E-state index is -0.879. The predicted molar refractivity (Wildman–Crippen MR) is 98.8 cm³/mol. The lowest BCUT2D eigenvalue weighted by Crippen LogP contribution is -2.25. The molecule has 0 heterocycles. The fraction of sp³-hybridized carbons (Fsp3) is 0.550. The van der Waals surface area contributed by atoms with Crippen LogP contribution in [0.3, 0.4) is 0 Å². The molecule has 0 aromatic heterocycles. The van der Waals surface area contributed by atoms with Crippen LogP contribution in [0.4, 0.5) is 0 Å². The van der Waals surface area contributed by atoms with Gasteiger partial charge in [0.2, 0.25) is 0 Å². The normalized spacial score (nSPS) is 15.1. The lowest BCUT2D eigenvalue weighted by Gasteiger charge is -2.15. The third kappa shape index (κ3) is 15.3. The molecule has 0 saturated heterocycles. The third-order valence-electron chi connectivity index (χ3n) is 3.43. The first-order valence-corrected chi connectivity index (χ1v) is 8.75. The molecule has 2 atom stereocenters. The lowest BCUT2D eigenvalue weighted by atomic mass is 10.0. The number of aliphatic carboxylic acids is 1. The first kappa shape index (κ1) is 22.4. The second-order valence-electron chi connectivity index (χ2n) is 5.66. The summed E-state index contributed by atoms with van der Waals surface area (Å²) in [6.07, 6.45) is 19.7. The molecule has 0 aliphatic heterocycles. The predicted octanol–water partition coefficient (Wildman–Crippen LogP) is 4.16. The summed E-state index contributed by atoms with van der Waals surface area (Å²) in [6.45, 7) is 2.12. The highest BCUT2D eigenvalue weighted by Gasteiger charge is 2.14. The summed E-state index contributed by atoms with van der Waals surface area (Å²) in [4.78, 5) is 10.4. The van der Waals surface area contributed by atoms with Crippen LogP contribution in [0.2, 0.25) is 0 Å². The number of carboxylic acid groups (broad SMARTS) is 1. The molecule has 136 valence electrons. The van der Waals surface area contributed by atoms with Crippen molar-refractivity contribution in [2.45, 2.75) is 70.5 Å². The van der Waals surface area contributed by atoms with Crippen molar-refractivity contribution in [3.8, 4) is 0 Å². The van der Waals surface area contributed by atoms with Gasteiger partial charge in [-0.2, -0.15) is 0 Å². The summed E-state index contributed by atoms with van der Waals surface area (Å²) < 4.78 is 0. The molecule has 0 saturated carbocycles. The van der Waals surface area contributed by atoms with Gasteiger partial charge in [-0.1, -0.05) is 55.5 Å². The van der Waals surface area contributed by atoms with Gasteiger partial charge in [0.05, 0.1) is 12.2 Å². The Balaban J connectivity index is 3.70. The Morgan fingerprint density at radius 2 is 1.33 bits per heavy atom. The van der Waals surface area contributed by atoms with Gasteiger partial charge < -0.3 is 15.3 Å². The van der Waals surface area contributed by atoms with Crippen LogP contribution < -0.4 is 0 Å². The lowest BCUT2D eigenvalue weighted by molar-refractivity contribution is -0.137. The number of hydrogen-bond acceptors (Lipinski definition) is 3. The number of aliphatic hydroxyl groups excluding tert-OH is 2. The van der Waals surface area contributed by atoms with E-state index in [-0.39, 0.29) is 6.42 Å². The van der Waals surface area contributed by atoms with Crippen molar-refractivity contribution < 1.29 is 20.1 Å². The van der Waals surface area contributed by atoms with Crippen LogP contribution >= 0.6 is 0 Å². The molecule has 24 heavy (non-hydrogen) atoms. The Morgan fingerprint density at radius 1 is 0.833 bits per heavy atom. The smallest absolute Gasteiger partial charge is 0.303 e. The van der Waals surface area contributed by atoms with Gasteiger partial charge in [0.15, 0.2) is 0 Å². The van der Waals surface area contributed by atoms with E-state index in [9.17, 15) is 15.0 Å². The number of carboxylic acids is 1. The van der Waals surface area contributed by atoms with Crippen LogP contribution in [-0.2, 0) is 4.79 Å². The molecular formula is C20H32O4. The molecule has 0 rings (SSSR count). The fourth-order valence-corrected chi connectivity index (χ4v) is 2.03. The summed E-state index contributed by atoms with van der Waals surface area (Å²) in [5, 5.41) is 28.0. The van der Waals surface area contributed by atoms with Crippen LogP contribution in [0.5, 0.6) is 0 Å². The number of hydrogen-bond donors (Lipinski definition) is 3. The average Bonchev–Trinajstić information content (AvgIpc) is 2.55. The summed E-state index contributed by atoms with van der Waals surface area (Å²) >= 11 is 0. The molecule has 0 unspecified atom stereocenters.